The minimum atomic E-state index is -0.270. The lowest BCUT2D eigenvalue weighted by atomic mass is 9.86. The molecule has 0 saturated carbocycles. The van der Waals surface area contributed by atoms with Crippen molar-refractivity contribution in [2.24, 2.45) is 0 Å². The largest absolute Gasteiger partial charge is 0.388 e. The molecule has 0 saturated heterocycles. The van der Waals surface area contributed by atoms with Crippen LogP contribution in [0.3, 0.4) is 0 Å². The van der Waals surface area contributed by atoms with Gasteiger partial charge in [-0.15, -0.1) is 0 Å². The van der Waals surface area contributed by atoms with Crippen LogP contribution in [-0.4, -0.2) is 5.11 Å². The molecule has 1 unspecified atom stereocenters. The molecular formula is C14H20O. The number of aliphatic hydroxyl groups is 1. The Balaban J connectivity index is 2.51. The van der Waals surface area contributed by atoms with Gasteiger partial charge in [0.05, 0.1) is 6.10 Å². The van der Waals surface area contributed by atoms with Gasteiger partial charge in [-0.2, -0.15) is 0 Å². The van der Waals surface area contributed by atoms with E-state index in [1.807, 2.05) is 0 Å². The highest BCUT2D eigenvalue weighted by molar-refractivity contribution is 5.43. The minimum absolute atomic E-state index is 0.129. The molecule has 1 aliphatic rings. The minimum Gasteiger partial charge on any atom is -0.388 e. The quantitative estimate of drug-likeness (QED) is 0.742. The zero-order valence-electron chi connectivity index (χ0n) is 10.0. The van der Waals surface area contributed by atoms with E-state index in [0.29, 0.717) is 5.92 Å². The van der Waals surface area contributed by atoms with Crippen LogP contribution in [0, 0.1) is 0 Å². The molecule has 0 bridgehead atoms. The lowest BCUT2D eigenvalue weighted by Crippen LogP contribution is -2.12. The van der Waals surface area contributed by atoms with E-state index < -0.39 is 0 Å². The maximum Gasteiger partial charge on any atom is 0.0801 e. The molecule has 0 heterocycles. The van der Waals surface area contributed by atoms with Gasteiger partial charge in [0.25, 0.3) is 0 Å². The molecule has 1 atom stereocenters. The third kappa shape index (κ3) is 1.69. The standard InChI is InChI=1S/C14H20O/c1-9(2)10-5-6-12-11(7-10)13(15)8-14(12,3)4/h5-7,9,13,15H,8H2,1-4H3. The van der Waals surface area contributed by atoms with Gasteiger partial charge in [0.2, 0.25) is 0 Å². The van der Waals surface area contributed by atoms with Crippen molar-refractivity contribution in [2.45, 2.75) is 51.6 Å². The molecule has 0 amide bonds. The Morgan fingerprint density at radius 2 is 2.00 bits per heavy atom. The Hall–Kier alpha value is -0.820. The number of benzene rings is 1. The van der Waals surface area contributed by atoms with Crippen molar-refractivity contribution in [3.05, 3.63) is 34.9 Å². The molecule has 0 aromatic heterocycles. The molecule has 1 aromatic carbocycles. The molecule has 1 aliphatic carbocycles. The van der Waals surface area contributed by atoms with Gasteiger partial charge >= 0.3 is 0 Å². The molecule has 1 aromatic rings. The van der Waals surface area contributed by atoms with Crippen LogP contribution >= 0.6 is 0 Å². The molecular weight excluding hydrogens is 184 g/mol. The van der Waals surface area contributed by atoms with Crippen molar-refractivity contribution in [3.63, 3.8) is 0 Å². The summed E-state index contributed by atoms with van der Waals surface area (Å²) in [5.41, 5.74) is 3.92. The lowest BCUT2D eigenvalue weighted by Gasteiger charge is -2.19. The summed E-state index contributed by atoms with van der Waals surface area (Å²) in [5, 5.41) is 10.0. The first kappa shape index (κ1) is 10.7. The van der Waals surface area contributed by atoms with Crippen LogP contribution in [0.1, 0.15) is 62.8 Å². The normalized spacial score (nSPS) is 23.2. The van der Waals surface area contributed by atoms with Crippen LogP contribution in [0.4, 0.5) is 0 Å². The fourth-order valence-corrected chi connectivity index (χ4v) is 2.54. The molecule has 0 fully saturated rings. The number of aliphatic hydroxyl groups excluding tert-OH is 1. The highest BCUT2D eigenvalue weighted by atomic mass is 16.3. The van der Waals surface area contributed by atoms with Crippen LogP contribution in [-0.2, 0) is 5.41 Å². The van der Waals surface area contributed by atoms with E-state index in [0.717, 1.165) is 12.0 Å². The number of fused-ring (bicyclic) bond motifs is 1. The van der Waals surface area contributed by atoms with Gasteiger partial charge in [-0.25, -0.2) is 0 Å². The van der Waals surface area contributed by atoms with Crippen molar-refractivity contribution >= 4 is 0 Å². The molecule has 0 spiro atoms. The molecule has 15 heavy (non-hydrogen) atoms. The van der Waals surface area contributed by atoms with E-state index >= 15 is 0 Å². The third-order valence-corrected chi connectivity index (χ3v) is 3.53. The van der Waals surface area contributed by atoms with Crippen LogP contribution in [0.15, 0.2) is 18.2 Å². The van der Waals surface area contributed by atoms with Crippen molar-refractivity contribution in [1.82, 2.24) is 0 Å². The van der Waals surface area contributed by atoms with Gasteiger partial charge in [-0.3, -0.25) is 0 Å². The number of hydrogen-bond donors (Lipinski definition) is 1. The van der Waals surface area contributed by atoms with Crippen molar-refractivity contribution in [3.8, 4) is 0 Å². The Labute approximate surface area is 92.1 Å². The fourth-order valence-electron chi connectivity index (χ4n) is 2.54. The molecule has 0 radical (unpaired) electrons. The Bertz CT molecular complexity index is 377. The van der Waals surface area contributed by atoms with Gasteiger partial charge in [0, 0.05) is 0 Å². The van der Waals surface area contributed by atoms with E-state index in [9.17, 15) is 5.11 Å². The highest BCUT2D eigenvalue weighted by Crippen LogP contribution is 2.45. The zero-order chi connectivity index (χ0) is 11.2. The van der Waals surface area contributed by atoms with Crippen LogP contribution in [0.5, 0.6) is 0 Å². The van der Waals surface area contributed by atoms with Gasteiger partial charge in [0.1, 0.15) is 0 Å². The predicted molar refractivity (Wildman–Crippen MR) is 63.1 cm³/mol. The first-order valence-corrected chi connectivity index (χ1v) is 5.74. The van der Waals surface area contributed by atoms with Gasteiger partial charge in [0.15, 0.2) is 0 Å². The smallest absolute Gasteiger partial charge is 0.0801 e. The summed E-state index contributed by atoms with van der Waals surface area (Å²) in [4.78, 5) is 0. The molecule has 0 aliphatic heterocycles. The Morgan fingerprint density at radius 3 is 2.60 bits per heavy atom. The topological polar surface area (TPSA) is 20.2 Å². The molecule has 1 N–H and O–H groups in total. The fraction of sp³-hybridized carbons (Fsp3) is 0.571. The van der Waals surface area contributed by atoms with E-state index in [1.54, 1.807) is 0 Å². The second kappa shape index (κ2) is 3.34. The van der Waals surface area contributed by atoms with Crippen LogP contribution in [0.25, 0.3) is 0 Å². The molecule has 1 nitrogen and oxygen atoms in total. The summed E-state index contributed by atoms with van der Waals surface area (Å²) in [7, 11) is 0. The van der Waals surface area contributed by atoms with Gasteiger partial charge in [-0.1, -0.05) is 45.9 Å². The Kier molecular flexibility index (Phi) is 2.38. The SMILES string of the molecule is CC(C)c1ccc2c(c1)C(O)CC2(C)C. The summed E-state index contributed by atoms with van der Waals surface area (Å²) in [6, 6.07) is 6.57. The second-order valence-corrected chi connectivity index (χ2v) is 5.61. The zero-order valence-corrected chi connectivity index (χ0v) is 10.0. The summed E-state index contributed by atoms with van der Waals surface area (Å²) >= 11 is 0. The van der Waals surface area contributed by atoms with E-state index in [1.165, 1.54) is 11.1 Å². The van der Waals surface area contributed by atoms with Gasteiger partial charge < -0.3 is 5.11 Å². The summed E-state index contributed by atoms with van der Waals surface area (Å²) in [6.07, 6.45) is 0.581. The summed E-state index contributed by atoms with van der Waals surface area (Å²) in [5.74, 6) is 0.534. The van der Waals surface area contributed by atoms with E-state index in [4.69, 9.17) is 0 Å². The summed E-state index contributed by atoms with van der Waals surface area (Å²) < 4.78 is 0. The average molecular weight is 204 g/mol. The highest BCUT2D eigenvalue weighted by Gasteiger charge is 2.35. The van der Waals surface area contributed by atoms with E-state index in [2.05, 4.69) is 45.9 Å². The third-order valence-electron chi connectivity index (χ3n) is 3.53. The number of hydrogen-bond acceptors (Lipinski definition) is 1. The van der Waals surface area contributed by atoms with Crippen molar-refractivity contribution in [1.29, 1.82) is 0 Å². The number of rotatable bonds is 1. The van der Waals surface area contributed by atoms with Crippen molar-refractivity contribution in [2.75, 3.05) is 0 Å². The predicted octanol–water partition coefficient (Wildman–Crippen LogP) is 3.52. The van der Waals surface area contributed by atoms with Crippen molar-refractivity contribution < 1.29 is 5.11 Å². The molecule has 1 heteroatoms. The molecule has 82 valence electrons. The van der Waals surface area contributed by atoms with Crippen LogP contribution < -0.4 is 0 Å². The maximum absolute atomic E-state index is 10.0. The second-order valence-electron chi connectivity index (χ2n) is 5.61. The Morgan fingerprint density at radius 1 is 1.33 bits per heavy atom. The summed E-state index contributed by atoms with van der Waals surface area (Å²) in [6.45, 7) is 8.79. The van der Waals surface area contributed by atoms with Gasteiger partial charge in [-0.05, 0) is 34.4 Å². The van der Waals surface area contributed by atoms with Crippen LogP contribution in [0.2, 0.25) is 0 Å². The monoisotopic (exact) mass is 204 g/mol. The first-order valence-electron chi connectivity index (χ1n) is 5.74. The van der Waals surface area contributed by atoms with E-state index in [-0.39, 0.29) is 11.5 Å². The lowest BCUT2D eigenvalue weighted by molar-refractivity contribution is 0.161. The maximum atomic E-state index is 10.0. The average Bonchev–Trinajstić information content (AvgIpc) is 2.37. The molecule has 2 rings (SSSR count). The first-order chi connectivity index (χ1) is 6.92.